The van der Waals surface area contributed by atoms with Gasteiger partial charge in [0.05, 0.1) is 6.54 Å². The van der Waals surface area contributed by atoms with E-state index in [-0.39, 0.29) is 22.9 Å². The zero-order chi connectivity index (χ0) is 19.7. The maximum atomic E-state index is 12.9. The molecule has 2 aliphatic rings. The fourth-order valence-electron chi connectivity index (χ4n) is 4.67. The summed E-state index contributed by atoms with van der Waals surface area (Å²) in [7, 11) is 0. The molecule has 6 nitrogen and oxygen atoms in total. The highest BCUT2D eigenvalue weighted by molar-refractivity contribution is 5.78. The molecular weight excluding hydrogens is 352 g/mol. The van der Waals surface area contributed by atoms with Crippen molar-refractivity contribution < 1.29 is 4.79 Å². The maximum Gasteiger partial charge on any atom is 0.346 e. The van der Waals surface area contributed by atoms with Crippen molar-refractivity contribution in [3.8, 4) is 0 Å². The van der Waals surface area contributed by atoms with Crippen LogP contribution in [0.4, 0.5) is 0 Å². The van der Waals surface area contributed by atoms with E-state index in [1.165, 1.54) is 0 Å². The summed E-state index contributed by atoms with van der Waals surface area (Å²) in [6, 6.07) is 10.0. The molecule has 2 aromatic rings. The fraction of sp³-hybridized carbons (Fsp3) is 0.591. The molecule has 1 fully saturated rings. The van der Waals surface area contributed by atoms with E-state index >= 15 is 0 Å². The number of benzene rings is 1. The van der Waals surface area contributed by atoms with Crippen LogP contribution in [0.2, 0.25) is 0 Å². The highest BCUT2D eigenvalue weighted by atomic mass is 16.2. The zero-order valence-electron chi connectivity index (χ0n) is 16.9. The van der Waals surface area contributed by atoms with Crippen LogP contribution in [-0.4, -0.2) is 38.2 Å². The number of fused-ring (bicyclic) bond motifs is 1. The summed E-state index contributed by atoms with van der Waals surface area (Å²) >= 11 is 0. The number of aromatic nitrogens is 3. The Labute approximate surface area is 166 Å². The molecule has 1 saturated heterocycles. The molecule has 0 N–H and O–H groups in total. The van der Waals surface area contributed by atoms with Gasteiger partial charge < -0.3 is 4.90 Å². The third-order valence-corrected chi connectivity index (χ3v) is 6.55. The van der Waals surface area contributed by atoms with Crippen LogP contribution in [-0.2, 0) is 24.3 Å². The van der Waals surface area contributed by atoms with Gasteiger partial charge in [0, 0.05) is 32.0 Å². The highest BCUT2D eigenvalue weighted by Crippen LogP contribution is 2.41. The minimum Gasteiger partial charge on any atom is -0.342 e. The first-order valence-corrected chi connectivity index (χ1v) is 10.5. The molecule has 1 aromatic carbocycles. The van der Waals surface area contributed by atoms with E-state index in [4.69, 9.17) is 0 Å². The van der Waals surface area contributed by atoms with E-state index in [0.717, 1.165) is 63.1 Å². The predicted octanol–water partition coefficient (Wildman–Crippen LogP) is 2.69. The monoisotopic (exact) mass is 382 g/mol. The summed E-state index contributed by atoms with van der Waals surface area (Å²) in [5, 5.41) is 4.65. The number of hydrogen-bond donors (Lipinski definition) is 0. The largest absolute Gasteiger partial charge is 0.346 e. The quantitative estimate of drug-likeness (QED) is 0.820. The molecule has 0 radical (unpaired) electrons. The number of carbonyl (C=O) groups is 1. The van der Waals surface area contributed by atoms with Crippen molar-refractivity contribution in [2.45, 2.75) is 59.0 Å². The summed E-state index contributed by atoms with van der Waals surface area (Å²) in [6.07, 6.45) is 4.97. The lowest BCUT2D eigenvalue weighted by Crippen LogP contribution is -2.45. The average molecular weight is 383 g/mol. The van der Waals surface area contributed by atoms with Crippen molar-refractivity contribution in [3.05, 3.63) is 52.2 Å². The van der Waals surface area contributed by atoms with E-state index in [1.807, 2.05) is 53.6 Å². The zero-order valence-corrected chi connectivity index (χ0v) is 16.9. The van der Waals surface area contributed by atoms with Gasteiger partial charge in [-0.15, -0.1) is 0 Å². The normalized spacial score (nSPS) is 18.9. The Morgan fingerprint density at radius 1 is 1.07 bits per heavy atom. The standard InChI is InChI=1S/C22H30N4O2/c1-17(2)20(27)24-13-10-22(11-14-24)9-8-19-23-26(21(28)25(19)15-12-22)16-18-6-4-3-5-7-18/h3-7,17H,8-16H2,1-2H3. The molecule has 0 saturated carbocycles. The van der Waals surface area contributed by atoms with Gasteiger partial charge in [-0.3, -0.25) is 9.36 Å². The van der Waals surface area contributed by atoms with Gasteiger partial charge in [0.1, 0.15) is 5.82 Å². The topological polar surface area (TPSA) is 60.1 Å². The first-order valence-electron chi connectivity index (χ1n) is 10.5. The van der Waals surface area contributed by atoms with Gasteiger partial charge in [-0.2, -0.15) is 5.10 Å². The number of hydrogen-bond acceptors (Lipinski definition) is 3. The van der Waals surface area contributed by atoms with Crippen molar-refractivity contribution in [1.82, 2.24) is 19.2 Å². The number of nitrogens with zero attached hydrogens (tertiary/aromatic N) is 4. The van der Waals surface area contributed by atoms with Crippen LogP contribution < -0.4 is 5.69 Å². The Morgan fingerprint density at radius 3 is 2.43 bits per heavy atom. The van der Waals surface area contributed by atoms with E-state index in [0.29, 0.717) is 6.54 Å². The van der Waals surface area contributed by atoms with Crippen molar-refractivity contribution in [1.29, 1.82) is 0 Å². The molecule has 28 heavy (non-hydrogen) atoms. The van der Waals surface area contributed by atoms with Crippen LogP contribution in [0, 0.1) is 11.3 Å². The van der Waals surface area contributed by atoms with Gasteiger partial charge in [-0.1, -0.05) is 44.2 Å². The van der Waals surface area contributed by atoms with E-state index in [2.05, 4.69) is 5.10 Å². The van der Waals surface area contributed by atoms with Gasteiger partial charge in [0.15, 0.2) is 0 Å². The third-order valence-electron chi connectivity index (χ3n) is 6.55. The number of rotatable bonds is 3. The van der Waals surface area contributed by atoms with Gasteiger partial charge in [0.2, 0.25) is 5.91 Å². The summed E-state index contributed by atoms with van der Waals surface area (Å²) in [6.45, 7) is 6.89. The summed E-state index contributed by atoms with van der Waals surface area (Å²) in [5.74, 6) is 1.25. The Morgan fingerprint density at radius 2 is 1.75 bits per heavy atom. The SMILES string of the molecule is CC(C)C(=O)N1CCC2(CCc3nn(Cc4ccccc4)c(=O)n3CC2)CC1. The van der Waals surface area contributed by atoms with Crippen molar-refractivity contribution in [3.63, 3.8) is 0 Å². The lowest BCUT2D eigenvalue weighted by molar-refractivity contribution is -0.137. The first-order chi connectivity index (χ1) is 13.5. The smallest absolute Gasteiger partial charge is 0.342 e. The minimum absolute atomic E-state index is 0.00308. The van der Waals surface area contributed by atoms with Crippen LogP contribution in [0.25, 0.3) is 0 Å². The molecule has 4 rings (SSSR count). The van der Waals surface area contributed by atoms with Crippen LogP contribution >= 0.6 is 0 Å². The molecule has 150 valence electrons. The van der Waals surface area contributed by atoms with Gasteiger partial charge in [-0.05, 0) is 36.7 Å². The lowest BCUT2D eigenvalue weighted by Gasteiger charge is -2.42. The molecule has 1 amide bonds. The van der Waals surface area contributed by atoms with Crippen molar-refractivity contribution in [2.24, 2.45) is 11.3 Å². The van der Waals surface area contributed by atoms with E-state index < -0.39 is 0 Å². The number of carbonyl (C=O) groups excluding carboxylic acids is 1. The van der Waals surface area contributed by atoms with Crippen LogP contribution in [0.5, 0.6) is 0 Å². The van der Waals surface area contributed by atoms with Crippen molar-refractivity contribution in [2.75, 3.05) is 13.1 Å². The predicted molar refractivity (Wildman–Crippen MR) is 108 cm³/mol. The van der Waals surface area contributed by atoms with Crippen LogP contribution in [0.15, 0.2) is 35.1 Å². The first kappa shape index (κ1) is 19.0. The fourth-order valence-corrected chi connectivity index (χ4v) is 4.67. The second-order valence-electron chi connectivity index (χ2n) is 8.72. The second-order valence-corrected chi connectivity index (χ2v) is 8.72. The number of likely N-dealkylation sites (tertiary alicyclic amines) is 1. The Bertz CT molecular complexity index is 889. The summed E-state index contributed by atoms with van der Waals surface area (Å²) in [4.78, 5) is 27.2. The number of aryl methyl sites for hydroxylation is 1. The number of piperidine rings is 1. The molecule has 0 bridgehead atoms. The van der Waals surface area contributed by atoms with Crippen LogP contribution in [0.1, 0.15) is 50.9 Å². The molecule has 6 heteroatoms. The minimum atomic E-state index is 0.00308. The molecule has 2 aliphatic heterocycles. The van der Waals surface area contributed by atoms with E-state index in [1.54, 1.807) is 4.68 Å². The third kappa shape index (κ3) is 3.64. The van der Waals surface area contributed by atoms with Gasteiger partial charge >= 0.3 is 5.69 Å². The van der Waals surface area contributed by atoms with Crippen molar-refractivity contribution >= 4 is 5.91 Å². The molecule has 0 unspecified atom stereocenters. The van der Waals surface area contributed by atoms with Crippen LogP contribution in [0.3, 0.4) is 0 Å². The average Bonchev–Trinajstić information content (AvgIpc) is 2.89. The Balaban J connectivity index is 1.44. The van der Waals surface area contributed by atoms with E-state index in [9.17, 15) is 9.59 Å². The number of amides is 1. The molecule has 3 heterocycles. The lowest BCUT2D eigenvalue weighted by atomic mass is 9.72. The molecular formula is C22H30N4O2. The maximum absolute atomic E-state index is 12.9. The highest BCUT2D eigenvalue weighted by Gasteiger charge is 2.38. The Hall–Kier alpha value is -2.37. The Kier molecular flexibility index (Phi) is 5.13. The summed E-state index contributed by atoms with van der Waals surface area (Å²) < 4.78 is 3.48. The summed E-state index contributed by atoms with van der Waals surface area (Å²) in [5.41, 5.74) is 1.34. The molecule has 0 aliphatic carbocycles. The van der Waals surface area contributed by atoms with Gasteiger partial charge in [0.25, 0.3) is 0 Å². The molecule has 1 aromatic heterocycles. The second kappa shape index (κ2) is 7.57. The molecule has 1 spiro atoms. The molecule has 0 atom stereocenters. The van der Waals surface area contributed by atoms with Gasteiger partial charge in [-0.25, -0.2) is 9.48 Å².